The van der Waals surface area contributed by atoms with E-state index in [-0.39, 0.29) is 22.3 Å². The van der Waals surface area contributed by atoms with Crippen LogP contribution in [-0.4, -0.2) is 11.4 Å². The van der Waals surface area contributed by atoms with Gasteiger partial charge in [0.05, 0.1) is 0 Å². The molecule has 0 aliphatic rings. The van der Waals surface area contributed by atoms with Crippen molar-refractivity contribution in [3.05, 3.63) is 34.4 Å². The summed E-state index contributed by atoms with van der Waals surface area (Å²) in [6, 6.07) is 2.19. The van der Waals surface area contributed by atoms with Gasteiger partial charge in [0.1, 0.15) is 6.10 Å². The van der Waals surface area contributed by atoms with E-state index < -0.39 is 30.5 Å². The lowest BCUT2D eigenvalue weighted by molar-refractivity contribution is 0.104. The summed E-state index contributed by atoms with van der Waals surface area (Å²) in [4.78, 5) is 0. The van der Waals surface area contributed by atoms with Crippen molar-refractivity contribution in [2.24, 2.45) is 0 Å². The first kappa shape index (κ1) is 31.6. The van der Waals surface area contributed by atoms with Crippen molar-refractivity contribution in [2.75, 3.05) is 0 Å². The van der Waals surface area contributed by atoms with Crippen LogP contribution in [0, 0.1) is 0 Å². The maximum atomic E-state index is 12.6. The first-order chi connectivity index (χ1) is 12.9. The highest BCUT2D eigenvalue weighted by Crippen LogP contribution is 2.61. The van der Waals surface area contributed by atoms with E-state index in [0.29, 0.717) is 0 Å². The highest BCUT2D eigenvalue weighted by Gasteiger charge is 2.56. The van der Waals surface area contributed by atoms with Gasteiger partial charge in [0, 0.05) is 0 Å². The first-order valence-electron chi connectivity index (χ1n) is 7.09. The number of hydrogen-bond donors (Lipinski definition) is 0. The van der Waals surface area contributed by atoms with E-state index in [2.05, 4.69) is 0 Å². The lowest BCUT2D eigenvalue weighted by Gasteiger charge is -2.37. The summed E-state index contributed by atoms with van der Waals surface area (Å²) < 4.78 is -14.1. The highest BCUT2D eigenvalue weighted by molar-refractivity contribution is 6.77. The fourth-order valence-electron chi connectivity index (χ4n) is 2.26. The number of rotatable bonds is 4. The Morgan fingerprint density at radius 3 is 1.03 bits per heavy atom. The minimum Gasteiger partial charge on any atom is -0.228 e. The molecule has 173 valence electrons. The molecule has 1 aromatic carbocycles. The van der Waals surface area contributed by atoms with Crippen LogP contribution < -0.4 is 0 Å². The number of halogens is 15. The average molecular weight is 722 g/mol. The zero-order chi connectivity index (χ0) is 24.3. The predicted octanol–water partition coefficient (Wildman–Crippen LogP) is 11.2. The van der Waals surface area contributed by atoms with Crippen LogP contribution in [0.2, 0.25) is 0 Å². The van der Waals surface area contributed by atoms with Crippen LogP contribution >= 0.6 is 174 Å². The summed E-state index contributed by atoms with van der Waals surface area (Å²) >= 11 is 91.0. The van der Waals surface area contributed by atoms with Crippen LogP contribution in [0.4, 0.5) is 0 Å². The van der Waals surface area contributed by atoms with E-state index in [4.69, 9.17) is 174 Å². The van der Waals surface area contributed by atoms with Gasteiger partial charge >= 0.3 is 0 Å². The molecule has 0 amide bonds. The van der Waals surface area contributed by atoms with Crippen LogP contribution in [0.15, 0.2) is 12.1 Å². The van der Waals surface area contributed by atoms with Crippen LogP contribution in [0.1, 0.15) is 35.3 Å². The molecule has 1 unspecified atom stereocenters. The number of benzene rings is 1. The Morgan fingerprint density at radius 2 is 0.833 bits per heavy atom. The van der Waals surface area contributed by atoms with Gasteiger partial charge in [-0.1, -0.05) is 174 Å². The molecule has 0 bridgehead atoms. The molecular weight excluding hydrogens is 716 g/mol. The average Bonchev–Trinajstić information content (AvgIpc) is 2.49. The molecule has 0 aliphatic heterocycles. The van der Waals surface area contributed by atoms with Gasteiger partial charge in [-0.2, -0.15) is 0 Å². The molecule has 30 heavy (non-hydrogen) atoms. The smallest absolute Gasteiger partial charge is 0.227 e. The van der Waals surface area contributed by atoms with Gasteiger partial charge in [-0.3, -0.25) is 0 Å². The topological polar surface area (TPSA) is 19.9 Å². The van der Waals surface area contributed by atoms with Crippen molar-refractivity contribution in [2.45, 2.75) is 37.4 Å². The highest BCUT2D eigenvalue weighted by atomic mass is 35.6. The maximum absolute atomic E-state index is 12.6. The van der Waals surface area contributed by atoms with Crippen LogP contribution in [-0.2, 0) is 18.1 Å². The second-order valence-electron chi connectivity index (χ2n) is 5.84. The number of hydrogen-bond acceptors (Lipinski definition) is 0. The predicted molar refractivity (Wildman–Crippen MR) is 137 cm³/mol. The Labute approximate surface area is 248 Å². The molecule has 1 radical (unpaired) electrons. The summed E-state index contributed by atoms with van der Waals surface area (Å²) in [5.41, 5.74) is -1.11. The molecule has 1 rings (SSSR count). The lowest BCUT2D eigenvalue weighted by Crippen LogP contribution is -2.36. The zero-order valence-electron chi connectivity index (χ0n) is 13.8. The van der Waals surface area contributed by atoms with E-state index in [1.165, 1.54) is 6.92 Å². The first-order valence-corrected chi connectivity index (χ1v) is 12.8. The van der Waals surface area contributed by atoms with Crippen molar-refractivity contribution in [3.63, 3.8) is 0 Å². The van der Waals surface area contributed by atoms with Gasteiger partial charge in [0.2, 0.25) is 11.4 Å². The van der Waals surface area contributed by atoms with Crippen LogP contribution in [0.5, 0.6) is 0 Å². The van der Waals surface area contributed by atoms with E-state index in [0.717, 1.165) is 12.1 Å². The molecule has 0 saturated heterocycles. The van der Waals surface area contributed by atoms with Crippen LogP contribution in [0.3, 0.4) is 0 Å². The van der Waals surface area contributed by atoms with Crippen molar-refractivity contribution >= 4 is 174 Å². The molecule has 0 aliphatic carbocycles. The second kappa shape index (κ2) is 10.1. The monoisotopic (exact) mass is 715 g/mol. The Hall–Kier alpha value is 3.53. The molecule has 0 heterocycles. The van der Waals surface area contributed by atoms with Crippen LogP contribution in [0.25, 0.3) is 0 Å². The van der Waals surface area contributed by atoms with Crippen molar-refractivity contribution in [1.29, 1.82) is 0 Å². The third-order valence-electron chi connectivity index (χ3n) is 3.69. The molecule has 0 aromatic heterocycles. The summed E-state index contributed by atoms with van der Waals surface area (Å²) in [5.74, 6) is 0. The Bertz CT molecular complexity index is 735. The minimum absolute atomic E-state index is 0.208. The standard InChI is InChI=1S/C14H6Cl15O/c1-4(30)8-6(10(17,18)13(24,25)26)2-5(9(15,16)12(21,22)23)3-7(8)11(19,20)14(27,28)29/h2-4H,1H3. The van der Waals surface area contributed by atoms with Gasteiger partial charge in [0.25, 0.3) is 0 Å². The Balaban J connectivity index is 4.26. The quantitative estimate of drug-likeness (QED) is 0.276. The van der Waals surface area contributed by atoms with Gasteiger partial charge in [-0.15, -0.1) is 0 Å². The molecule has 0 N–H and O–H groups in total. The summed E-state index contributed by atoms with van der Waals surface area (Å²) in [7, 11) is 0. The molecule has 1 aromatic rings. The van der Waals surface area contributed by atoms with E-state index in [1.54, 1.807) is 0 Å². The third-order valence-corrected chi connectivity index (χ3v) is 10.9. The summed E-state index contributed by atoms with van der Waals surface area (Å²) in [6.07, 6.45) is -1.63. The largest absolute Gasteiger partial charge is 0.228 e. The second-order valence-corrected chi connectivity index (χ2v) is 16.7. The molecule has 16 heteroatoms. The Kier molecular flexibility index (Phi) is 10.6. The van der Waals surface area contributed by atoms with Gasteiger partial charge in [-0.05, 0) is 41.3 Å². The SMILES string of the molecule is CC([O])c1c(C(Cl)(Cl)C(Cl)(Cl)Cl)cc(C(Cl)(Cl)C(Cl)(Cl)Cl)cc1C(Cl)(Cl)C(Cl)(Cl)Cl. The van der Waals surface area contributed by atoms with Crippen molar-refractivity contribution in [1.82, 2.24) is 0 Å². The third kappa shape index (κ3) is 6.26. The fraction of sp³-hybridized carbons (Fsp3) is 0.571. The van der Waals surface area contributed by atoms with Crippen molar-refractivity contribution < 1.29 is 5.11 Å². The Morgan fingerprint density at radius 1 is 0.567 bits per heavy atom. The van der Waals surface area contributed by atoms with Gasteiger partial charge in [-0.25, -0.2) is 5.11 Å². The van der Waals surface area contributed by atoms with E-state index in [9.17, 15) is 5.11 Å². The summed E-state index contributed by atoms with van der Waals surface area (Å²) in [5, 5.41) is 12.6. The van der Waals surface area contributed by atoms with Crippen molar-refractivity contribution in [3.8, 4) is 0 Å². The van der Waals surface area contributed by atoms with Gasteiger partial charge in [0.15, 0.2) is 13.0 Å². The lowest BCUT2D eigenvalue weighted by atomic mass is 9.89. The zero-order valence-corrected chi connectivity index (χ0v) is 25.1. The fourth-order valence-corrected chi connectivity index (χ4v) is 4.04. The molecule has 0 saturated carbocycles. The number of alkyl halides is 15. The summed E-state index contributed by atoms with van der Waals surface area (Å²) in [6.45, 7) is 1.19. The van der Waals surface area contributed by atoms with Gasteiger partial charge < -0.3 is 0 Å². The minimum atomic E-state index is -2.39. The van der Waals surface area contributed by atoms with E-state index in [1.807, 2.05) is 0 Å². The molecular formula is C14H6Cl15O. The molecule has 1 nitrogen and oxygen atoms in total. The maximum Gasteiger partial charge on any atom is 0.227 e. The van der Waals surface area contributed by atoms with E-state index >= 15 is 0 Å². The molecule has 1 atom stereocenters. The normalized spacial score (nSPS) is 16.0. The molecule has 0 spiro atoms. The molecule has 0 fully saturated rings.